The summed E-state index contributed by atoms with van der Waals surface area (Å²) in [5.41, 5.74) is 7.50. The summed E-state index contributed by atoms with van der Waals surface area (Å²) in [6.45, 7) is 1.57. The normalized spacial score (nSPS) is 24.8. The van der Waals surface area contributed by atoms with Gasteiger partial charge in [0.25, 0.3) is 0 Å². The van der Waals surface area contributed by atoms with Crippen molar-refractivity contribution in [3.05, 3.63) is 65.7 Å². The van der Waals surface area contributed by atoms with Crippen molar-refractivity contribution >= 4 is 11.9 Å². The summed E-state index contributed by atoms with van der Waals surface area (Å²) < 4.78 is 5.26. The average Bonchev–Trinajstić information content (AvgIpc) is 3.09. The third kappa shape index (κ3) is 4.49. The number of urea groups is 1. The Balaban J connectivity index is 1.58. The molecule has 4 rings (SSSR count). The Hall–Kier alpha value is -3.06. The minimum absolute atomic E-state index is 0.00543. The van der Waals surface area contributed by atoms with E-state index >= 15 is 0 Å². The number of rotatable bonds is 8. The van der Waals surface area contributed by atoms with Crippen LogP contribution in [0.25, 0.3) is 0 Å². The second-order valence-electron chi connectivity index (χ2n) is 9.87. The van der Waals surface area contributed by atoms with Crippen LogP contribution in [0, 0.1) is 0 Å². The number of ether oxygens (including phenoxy) is 1. The fraction of sp³-hybridized carbons (Fsp3) is 0.481. The van der Waals surface area contributed by atoms with E-state index in [-0.39, 0.29) is 29.4 Å². The number of carbonyl (C=O) groups excluding carboxylic acids is 2. The highest BCUT2D eigenvalue weighted by Gasteiger charge is 2.54. The highest BCUT2D eigenvalue weighted by Crippen LogP contribution is 2.49. The summed E-state index contributed by atoms with van der Waals surface area (Å²) >= 11 is 0. The maximum atomic E-state index is 13.5. The van der Waals surface area contributed by atoms with Gasteiger partial charge in [0, 0.05) is 31.6 Å². The molecule has 1 aliphatic carbocycles. The van der Waals surface area contributed by atoms with Crippen molar-refractivity contribution in [1.82, 2.24) is 14.7 Å². The third-order valence-corrected chi connectivity index (χ3v) is 7.85. The molecule has 0 bridgehead atoms. The first-order chi connectivity index (χ1) is 16.3. The maximum Gasteiger partial charge on any atom is 0.320 e. The van der Waals surface area contributed by atoms with Crippen LogP contribution in [-0.4, -0.2) is 66.5 Å². The van der Waals surface area contributed by atoms with Crippen molar-refractivity contribution < 1.29 is 14.3 Å². The highest BCUT2D eigenvalue weighted by molar-refractivity contribution is 5.80. The van der Waals surface area contributed by atoms with Crippen LogP contribution in [0.2, 0.25) is 0 Å². The first-order valence-electron chi connectivity index (χ1n) is 12.0. The van der Waals surface area contributed by atoms with Gasteiger partial charge in [-0.15, -0.1) is 0 Å². The predicted octanol–water partition coefficient (Wildman–Crippen LogP) is 3.58. The highest BCUT2D eigenvalue weighted by atomic mass is 16.5. The van der Waals surface area contributed by atoms with Crippen molar-refractivity contribution in [2.24, 2.45) is 5.73 Å². The van der Waals surface area contributed by atoms with Crippen LogP contribution in [0.15, 0.2) is 54.6 Å². The molecular formula is C27H36N4O3. The van der Waals surface area contributed by atoms with Gasteiger partial charge in [-0.2, -0.15) is 0 Å². The number of hydrogen-bond donors (Lipinski definition) is 1. The zero-order chi connectivity index (χ0) is 24.3. The Bertz CT molecular complexity index is 998. The molecule has 0 atom stereocenters. The van der Waals surface area contributed by atoms with E-state index in [2.05, 4.69) is 49.3 Å². The second-order valence-corrected chi connectivity index (χ2v) is 9.87. The molecule has 2 aliphatic rings. The summed E-state index contributed by atoms with van der Waals surface area (Å²) in [7, 11) is 5.93. The molecule has 2 aromatic rings. The van der Waals surface area contributed by atoms with Gasteiger partial charge in [-0.05, 0) is 63.0 Å². The van der Waals surface area contributed by atoms with Crippen molar-refractivity contribution in [3.8, 4) is 5.75 Å². The lowest BCUT2D eigenvalue weighted by Crippen LogP contribution is -2.55. The third-order valence-electron chi connectivity index (χ3n) is 7.85. The van der Waals surface area contributed by atoms with E-state index in [0.717, 1.165) is 37.0 Å². The molecule has 0 radical (unpaired) electrons. The van der Waals surface area contributed by atoms with Gasteiger partial charge in [-0.25, -0.2) is 4.79 Å². The van der Waals surface area contributed by atoms with Gasteiger partial charge in [-0.3, -0.25) is 9.69 Å². The molecule has 2 aromatic carbocycles. The summed E-state index contributed by atoms with van der Waals surface area (Å²) in [5, 5.41) is 0. The number of amides is 3. The SMILES string of the molecule is COc1ccc(CN2CC3(CCC(c4ccccc4)(N(C)C)CC3)N(CCC(N)=O)C2=O)cc1. The van der Waals surface area contributed by atoms with E-state index in [9.17, 15) is 9.59 Å². The fourth-order valence-corrected chi connectivity index (χ4v) is 5.81. The molecule has 2 fully saturated rings. The second kappa shape index (κ2) is 9.66. The molecule has 0 unspecified atom stereocenters. The first-order valence-corrected chi connectivity index (χ1v) is 12.0. The Morgan fingerprint density at radius 2 is 1.68 bits per heavy atom. The minimum Gasteiger partial charge on any atom is -0.497 e. The number of hydrogen-bond acceptors (Lipinski definition) is 4. The smallest absolute Gasteiger partial charge is 0.320 e. The Labute approximate surface area is 202 Å². The van der Waals surface area contributed by atoms with Gasteiger partial charge >= 0.3 is 6.03 Å². The first kappa shape index (κ1) is 24.1. The molecule has 1 aliphatic heterocycles. The van der Waals surface area contributed by atoms with Crippen LogP contribution < -0.4 is 10.5 Å². The Morgan fingerprint density at radius 3 is 2.24 bits per heavy atom. The van der Waals surface area contributed by atoms with Crippen LogP contribution in [0.4, 0.5) is 4.79 Å². The molecule has 7 heteroatoms. The van der Waals surface area contributed by atoms with Gasteiger partial charge in [0.2, 0.25) is 5.91 Å². The van der Waals surface area contributed by atoms with Crippen molar-refractivity contribution in [3.63, 3.8) is 0 Å². The number of nitrogens with two attached hydrogens (primary N) is 1. The molecule has 1 heterocycles. The Kier molecular flexibility index (Phi) is 6.84. The topological polar surface area (TPSA) is 79.1 Å². The molecule has 2 N–H and O–H groups in total. The number of primary amides is 1. The monoisotopic (exact) mass is 464 g/mol. The van der Waals surface area contributed by atoms with E-state index < -0.39 is 0 Å². The number of methoxy groups -OCH3 is 1. The number of nitrogens with zero attached hydrogens (tertiary/aromatic N) is 3. The van der Waals surface area contributed by atoms with E-state index in [4.69, 9.17) is 10.5 Å². The standard InChI is InChI=1S/C27H36N4O3/c1-29(2)27(22-7-5-4-6-8-22)16-14-26(15-17-27)20-30(25(33)31(26)18-13-24(28)32)19-21-9-11-23(34-3)12-10-21/h4-12H,13-20H2,1-3H3,(H2,28,32). The summed E-state index contributed by atoms with van der Waals surface area (Å²) in [5.74, 6) is 0.420. The lowest BCUT2D eigenvalue weighted by molar-refractivity contribution is -0.118. The number of carbonyl (C=O) groups is 2. The zero-order valence-electron chi connectivity index (χ0n) is 20.5. The van der Waals surface area contributed by atoms with Crippen LogP contribution in [0.1, 0.15) is 43.2 Å². The lowest BCUT2D eigenvalue weighted by Gasteiger charge is -2.51. The summed E-state index contributed by atoms with van der Waals surface area (Å²) in [6, 6.07) is 18.5. The van der Waals surface area contributed by atoms with Gasteiger partial charge in [0.15, 0.2) is 0 Å². The minimum atomic E-state index is -0.376. The van der Waals surface area contributed by atoms with Crippen molar-refractivity contribution in [2.75, 3.05) is 34.3 Å². The average molecular weight is 465 g/mol. The fourth-order valence-electron chi connectivity index (χ4n) is 5.81. The van der Waals surface area contributed by atoms with Crippen molar-refractivity contribution in [1.29, 1.82) is 0 Å². The van der Waals surface area contributed by atoms with Gasteiger partial charge < -0.3 is 20.3 Å². The summed E-state index contributed by atoms with van der Waals surface area (Å²) in [6.07, 6.45) is 3.83. The molecule has 1 saturated heterocycles. The van der Waals surface area contributed by atoms with Gasteiger partial charge in [-0.1, -0.05) is 42.5 Å². The van der Waals surface area contributed by atoms with E-state index in [0.29, 0.717) is 19.6 Å². The summed E-state index contributed by atoms with van der Waals surface area (Å²) in [4.78, 5) is 31.3. The van der Waals surface area contributed by atoms with E-state index in [1.165, 1.54) is 5.56 Å². The molecule has 7 nitrogen and oxygen atoms in total. The molecule has 34 heavy (non-hydrogen) atoms. The van der Waals surface area contributed by atoms with Gasteiger partial charge in [0.05, 0.1) is 12.6 Å². The molecular weight excluding hydrogens is 428 g/mol. The van der Waals surface area contributed by atoms with Crippen LogP contribution in [0.5, 0.6) is 5.75 Å². The van der Waals surface area contributed by atoms with Gasteiger partial charge in [0.1, 0.15) is 5.75 Å². The molecule has 182 valence electrons. The van der Waals surface area contributed by atoms with E-state index in [1.54, 1.807) is 7.11 Å². The van der Waals surface area contributed by atoms with Crippen LogP contribution >= 0.6 is 0 Å². The lowest BCUT2D eigenvalue weighted by atomic mass is 9.68. The predicted molar refractivity (Wildman–Crippen MR) is 132 cm³/mol. The molecule has 3 amide bonds. The van der Waals surface area contributed by atoms with Crippen LogP contribution in [0.3, 0.4) is 0 Å². The molecule has 0 aromatic heterocycles. The Morgan fingerprint density at radius 1 is 1.03 bits per heavy atom. The van der Waals surface area contributed by atoms with E-state index in [1.807, 2.05) is 34.1 Å². The number of benzene rings is 2. The zero-order valence-corrected chi connectivity index (χ0v) is 20.5. The quantitative estimate of drug-likeness (QED) is 0.648. The molecule has 1 saturated carbocycles. The van der Waals surface area contributed by atoms with Crippen molar-refractivity contribution in [2.45, 2.75) is 49.7 Å². The molecule has 1 spiro atoms. The largest absolute Gasteiger partial charge is 0.497 e. The maximum absolute atomic E-state index is 13.5. The van der Waals surface area contributed by atoms with Crippen LogP contribution in [-0.2, 0) is 16.9 Å².